The molecular formula is C16H26N2O2. The van der Waals surface area contributed by atoms with Gasteiger partial charge in [0.05, 0.1) is 6.26 Å². The monoisotopic (exact) mass is 278 g/mol. The van der Waals surface area contributed by atoms with E-state index in [9.17, 15) is 4.79 Å². The first-order valence-electron chi connectivity index (χ1n) is 7.57. The van der Waals surface area contributed by atoms with E-state index >= 15 is 0 Å². The Balaban J connectivity index is 2.05. The van der Waals surface area contributed by atoms with Gasteiger partial charge in [-0.3, -0.25) is 4.79 Å². The van der Waals surface area contributed by atoms with Crippen LogP contribution in [0.5, 0.6) is 0 Å². The largest absolute Gasteiger partial charge is 0.459 e. The summed E-state index contributed by atoms with van der Waals surface area (Å²) in [6, 6.07) is 3.90. The summed E-state index contributed by atoms with van der Waals surface area (Å²) in [6.07, 6.45) is 6.23. The molecule has 1 aromatic heterocycles. The average molecular weight is 278 g/mol. The van der Waals surface area contributed by atoms with Crippen LogP contribution in [0.4, 0.5) is 0 Å². The van der Waals surface area contributed by atoms with Gasteiger partial charge in [-0.2, -0.15) is 0 Å². The van der Waals surface area contributed by atoms with Crippen molar-refractivity contribution in [3.05, 3.63) is 24.2 Å². The summed E-state index contributed by atoms with van der Waals surface area (Å²) in [4.78, 5) is 16.8. The molecule has 0 spiro atoms. The Bertz CT molecular complexity index is 406. The normalized spacial score (nSPS) is 23.0. The van der Waals surface area contributed by atoms with Crippen LogP contribution in [0.15, 0.2) is 22.8 Å². The third-order valence-corrected chi connectivity index (χ3v) is 4.21. The molecule has 0 radical (unpaired) electrons. The summed E-state index contributed by atoms with van der Waals surface area (Å²) in [6.45, 7) is 3.96. The maximum absolute atomic E-state index is 12.6. The van der Waals surface area contributed by atoms with Crippen LogP contribution in [0.2, 0.25) is 0 Å². The van der Waals surface area contributed by atoms with Gasteiger partial charge < -0.3 is 14.2 Å². The number of likely N-dealkylation sites (N-methyl/N-ethyl adjacent to an activating group) is 1. The quantitative estimate of drug-likeness (QED) is 0.831. The summed E-state index contributed by atoms with van der Waals surface area (Å²) in [5.74, 6) is 1.29. The van der Waals surface area contributed by atoms with Gasteiger partial charge in [0.25, 0.3) is 5.91 Å². The minimum absolute atomic E-state index is 0.0383. The molecule has 0 aromatic carbocycles. The van der Waals surface area contributed by atoms with Crippen molar-refractivity contribution in [3.63, 3.8) is 0 Å². The molecular weight excluding hydrogens is 252 g/mol. The van der Waals surface area contributed by atoms with Crippen LogP contribution in [0.1, 0.15) is 43.2 Å². The van der Waals surface area contributed by atoms with Crippen LogP contribution in [-0.2, 0) is 0 Å². The van der Waals surface area contributed by atoms with Crippen LogP contribution in [0.25, 0.3) is 0 Å². The lowest BCUT2D eigenvalue weighted by Gasteiger charge is -2.36. The van der Waals surface area contributed by atoms with Gasteiger partial charge in [-0.1, -0.05) is 6.92 Å². The highest BCUT2D eigenvalue weighted by Gasteiger charge is 2.29. The Morgan fingerprint density at radius 3 is 2.50 bits per heavy atom. The number of nitrogens with zero attached hydrogens (tertiary/aromatic N) is 2. The second kappa shape index (κ2) is 6.93. The van der Waals surface area contributed by atoms with Gasteiger partial charge in [-0.15, -0.1) is 0 Å². The molecule has 1 aliphatic rings. The Morgan fingerprint density at radius 1 is 1.25 bits per heavy atom. The Hall–Kier alpha value is -1.29. The highest BCUT2D eigenvalue weighted by atomic mass is 16.3. The van der Waals surface area contributed by atoms with Gasteiger partial charge in [-0.05, 0) is 57.8 Å². The summed E-state index contributed by atoms with van der Waals surface area (Å²) >= 11 is 0. The van der Waals surface area contributed by atoms with E-state index in [1.54, 1.807) is 18.4 Å². The molecule has 4 nitrogen and oxygen atoms in total. The number of carbonyl (C=O) groups is 1. The maximum atomic E-state index is 12.6. The van der Waals surface area contributed by atoms with E-state index in [4.69, 9.17) is 4.42 Å². The molecule has 0 bridgehead atoms. The predicted molar refractivity (Wildman–Crippen MR) is 79.7 cm³/mol. The van der Waals surface area contributed by atoms with Crippen molar-refractivity contribution < 1.29 is 9.21 Å². The smallest absolute Gasteiger partial charge is 0.289 e. The minimum atomic E-state index is 0.0383. The second-order valence-corrected chi connectivity index (χ2v) is 6.19. The van der Waals surface area contributed by atoms with Crippen LogP contribution in [0, 0.1) is 5.92 Å². The summed E-state index contributed by atoms with van der Waals surface area (Å²) in [5.41, 5.74) is 0. The van der Waals surface area contributed by atoms with Crippen molar-refractivity contribution in [2.24, 2.45) is 5.92 Å². The van der Waals surface area contributed by atoms with E-state index in [0.717, 1.165) is 31.8 Å². The molecule has 1 amide bonds. The standard InChI is InChI=1S/C16H26N2O2/c1-13-6-8-14(9-7-13)18(11-10-17(2)3)16(19)15-5-4-12-20-15/h4-5,12-14H,6-11H2,1-3H3. The average Bonchev–Trinajstić information content (AvgIpc) is 2.94. The van der Waals surface area contributed by atoms with Crippen LogP contribution < -0.4 is 0 Å². The fourth-order valence-electron chi connectivity index (χ4n) is 2.85. The molecule has 2 rings (SSSR count). The van der Waals surface area contributed by atoms with E-state index in [2.05, 4.69) is 11.8 Å². The fourth-order valence-corrected chi connectivity index (χ4v) is 2.85. The van der Waals surface area contributed by atoms with E-state index in [0.29, 0.717) is 11.8 Å². The first-order chi connectivity index (χ1) is 9.58. The zero-order valence-electron chi connectivity index (χ0n) is 12.8. The zero-order valence-corrected chi connectivity index (χ0v) is 12.8. The lowest BCUT2D eigenvalue weighted by atomic mass is 9.86. The molecule has 1 heterocycles. The number of rotatable bonds is 5. The molecule has 0 unspecified atom stereocenters. The first-order valence-corrected chi connectivity index (χ1v) is 7.57. The van der Waals surface area contributed by atoms with E-state index < -0.39 is 0 Å². The molecule has 20 heavy (non-hydrogen) atoms. The number of amides is 1. The number of hydrogen-bond acceptors (Lipinski definition) is 3. The molecule has 4 heteroatoms. The SMILES string of the molecule is CC1CCC(N(CCN(C)C)C(=O)c2ccco2)CC1. The molecule has 0 atom stereocenters. The van der Waals surface area contributed by atoms with E-state index in [-0.39, 0.29) is 5.91 Å². The van der Waals surface area contributed by atoms with Crippen molar-refractivity contribution in [2.45, 2.75) is 38.6 Å². The molecule has 112 valence electrons. The maximum Gasteiger partial charge on any atom is 0.289 e. The highest BCUT2D eigenvalue weighted by Crippen LogP contribution is 2.28. The van der Waals surface area contributed by atoms with Crippen LogP contribution in [0.3, 0.4) is 0 Å². The Morgan fingerprint density at radius 2 is 1.95 bits per heavy atom. The van der Waals surface area contributed by atoms with Gasteiger partial charge >= 0.3 is 0 Å². The van der Waals surface area contributed by atoms with Gasteiger partial charge in [0, 0.05) is 19.1 Å². The highest BCUT2D eigenvalue weighted by molar-refractivity contribution is 5.91. The van der Waals surface area contributed by atoms with Gasteiger partial charge in [0.2, 0.25) is 0 Å². The molecule has 1 aliphatic carbocycles. The predicted octanol–water partition coefficient (Wildman–Crippen LogP) is 2.86. The van der Waals surface area contributed by atoms with Crippen molar-refractivity contribution in [3.8, 4) is 0 Å². The lowest BCUT2D eigenvalue weighted by molar-refractivity contribution is 0.0566. The second-order valence-electron chi connectivity index (χ2n) is 6.19. The fraction of sp³-hybridized carbons (Fsp3) is 0.688. The third kappa shape index (κ3) is 3.85. The van der Waals surface area contributed by atoms with Crippen molar-refractivity contribution >= 4 is 5.91 Å². The van der Waals surface area contributed by atoms with Gasteiger partial charge in [-0.25, -0.2) is 0 Å². The van der Waals surface area contributed by atoms with Gasteiger partial charge in [0.15, 0.2) is 5.76 Å². The Labute approximate surface area is 121 Å². The number of hydrogen-bond donors (Lipinski definition) is 0. The molecule has 0 aliphatic heterocycles. The van der Waals surface area contributed by atoms with E-state index in [1.807, 2.05) is 19.0 Å². The van der Waals surface area contributed by atoms with Crippen molar-refractivity contribution in [1.29, 1.82) is 0 Å². The third-order valence-electron chi connectivity index (χ3n) is 4.21. The first kappa shape index (κ1) is 15.1. The molecule has 1 saturated carbocycles. The number of carbonyl (C=O) groups excluding carboxylic acids is 1. The van der Waals surface area contributed by atoms with Crippen molar-refractivity contribution in [1.82, 2.24) is 9.80 Å². The molecule has 0 saturated heterocycles. The zero-order chi connectivity index (χ0) is 14.5. The summed E-state index contributed by atoms with van der Waals surface area (Å²) in [5, 5.41) is 0. The van der Waals surface area contributed by atoms with E-state index in [1.165, 1.54) is 12.8 Å². The lowest BCUT2D eigenvalue weighted by Crippen LogP contribution is -2.45. The topological polar surface area (TPSA) is 36.7 Å². The summed E-state index contributed by atoms with van der Waals surface area (Å²) < 4.78 is 5.29. The van der Waals surface area contributed by atoms with Crippen LogP contribution >= 0.6 is 0 Å². The number of furan rings is 1. The summed E-state index contributed by atoms with van der Waals surface area (Å²) in [7, 11) is 4.08. The molecule has 0 N–H and O–H groups in total. The van der Waals surface area contributed by atoms with Crippen LogP contribution in [-0.4, -0.2) is 48.9 Å². The minimum Gasteiger partial charge on any atom is -0.459 e. The van der Waals surface area contributed by atoms with Crippen molar-refractivity contribution in [2.75, 3.05) is 27.2 Å². The van der Waals surface area contributed by atoms with Gasteiger partial charge in [0.1, 0.15) is 0 Å². The Kier molecular flexibility index (Phi) is 5.24. The molecule has 1 fully saturated rings. The molecule has 1 aromatic rings.